The zero-order chi connectivity index (χ0) is 21.3. The normalized spacial score (nSPS) is 12.6. The van der Waals surface area contributed by atoms with E-state index >= 15 is 0 Å². The monoisotopic (exact) mass is 446 g/mol. The number of halogens is 5. The molecule has 3 rings (SSSR count). The maximum atomic E-state index is 13.2. The van der Waals surface area contributed by atoms with Gasteiger partial charge in [-0.1, -0.05) is 23.2 Å². The van der Waals surface area contributed by atoms with E-state index in [0.717, 1.165) is 12.1 Å². The average molecular weight is 447 g/mol. The second-order valence-electron chi connectivity index (χ2n) is 5.85. The number of rotatable bonds is 4. The topological polar surface area (TPSA) is 65.7 Å². The number of carbonyl (C=O) groups excluding carboxylic acids is 1. The predicted molar refractivity (Wildman–Crippen MR) is 99.6 cm³/mol. The van der Waals surface area contributed by atoms with Crippen molar-refractivity contribution < 1.29 is 31.9 Å². The molecule has 10 heteroatoms. The van der Waals surface area contributed by atoms with Crippen LogP contribution in [0, 0.1) is 6.92 Å². The highest BCUT2D eigenvalue weighted by Gasteiger charge is 2.34. The van der Waals surface area contributed by atoms with Crippen LogP contribution in [-0.2, 0) is 11.0 Å². The number of carbonyl (C=O) groups is 1. The summed E-state index contributed by atoms with van der Waals surface area (Å²) in [6, 6.07) is 8.58. The molecule has 0 saturated carbocycles. The molecule has 0 spiro atoms. The number of hydrogen-bond donors (Lipinski definition) is 0. The van der Waals surface area contributed by atoms with Gasteiger partial charge >= 0.3 is 17.8 Å². The van der Waals surface area contributed by atoms with Crippen molar-refractivity contribution in [1.82, 2.24) is 0 Å². The summed E-state index contributed by atoms with van der Waals surface area (Å²) in [5, 5.41) is 0.117. The minimum Gasteiger partial charge on any atom is -0.463 e. The Hall–Kier alpha value is -2.71. The van der Waals surface area contributed by atoms with Crippen LogP contribution in [0.25, 0.3) is 11.0 Å². The molecule has 1 aromatic heterocycles. The SMILES string of the molecule is Cc1c(OC(=O)C(Cl)Oc2ccc(Cl)cc2)ccc2c(C(F)(F)F)cc(=O)oc12. The van der Waals surface area contributed by atoms with Gasteiger partial charge in [0.25, 0.3) is 5.56 Å². The summed E-state index contributed by atoms with van der Waals surface area (Å²) in [6.45, 7) is 1.34. The summed E-state index contributed by atoms with van der Waals surface area (Å²) >= 11 is 11.6. The molecule has 152 valence electrons. The van der Waals surface area contributed by atoms with Crippen molar-refractivity contribution in [2.75, 3.05) is 0 Å². The Labute approximate surface area is 171 Å². The highest BCUT2D eigenvalue weighted by molar-refractivity contribution is 6.30. The first-order chi connectivity index (χ1) is 13.6. The van der Waals surface area contributed by atoms with E-state index in [1.54, 1.807) is 0 Å². The Morgan fingerprint density at radius 2 is 1.79 bits per heavy atom. The van der Waals surface area contributed by atoms with Gasteiger partial charge in [-0.2, -0.15) is 13.2 Å². The van der Waals surface area contributed by atoms with E-state index in [-0.39, 0.29) is 28.0 Å². The standard InChI is InChI=1S/C19H11Cl2F3O5/c1-9-14(28-18(26)17(21)27-11-4-2-10(20)3-5-11)7-6-12-13(19(22,23)24)8-15(25)29-16(9)12/h2-8,17H,1H3. The molecule has 5 nitrogen and oxygen atoms in total. The van der Waals surface area contributed by atoms with Crippen LogP contribution in [0.4, 0.5) is 13.2 Å². The lowest BCUT2D eigenvalue weighted by Crippen LogP contribution is -2.26. The Morgan fingerprint density at radius 1 is 1.14 bits per heavy atom. The van der Waals surface area contributed by atoms with Crippen molar-refractivity contribution in [3.8, 4) is 11.5 Å². The third kappa shape index (κ3) is 4.65. The predicted octanol–water partition coefficient (Wildman–Crippen LogP) is 5.32. The third-order valence-electron chi connectivity index (χ3n) is 3.87. The van der Waals surface area contributed by atoms with Gasteiger partial charge in [-0.15, -0.1) is 0 Å². The fraction of sp³-hybridized carbons (Fsp3) is 0.158. The van der Waals surface area contributed by atoms with Crippen molar-refractivity contribution in [3.05, 3.63) is 69.0 Å². The summed E-state index contributed by atoms with van der Waals surface area (Å²) in [4.78, 5) is 23.7. The van der Waals surface area contributed by atoms with Crippen molar-refractivity contribution in [1.29, 1.82) is 0 Å². The quantitative estimate of drug-likeness (QED) is 0.234. The molecule has 0 bridgehead atoms. The number of benzene rings is 2. The first-order valence-electron chi connectivity index (χ1n) is 7.99. The number of hydrogen-bond acceptors (Lipinski definition) is 5. The number of fused-ring (bicyclic) bond motifs is 1. The molecule has 0 saturated heterocycles. The van der Waals surface area contributed by atoms with Crippen LogP contribution >= 0.6 is 23.2 Å². The van der Waals surface area contributed by atoms with E-state index in [4.69, 9.17) is 37.1 Å². The van der Waals surface area contributed by atoms with Crippen molar-refractivity contribution in [3.63, 3.8) is 0 Å². The van der Waals surface area contributed by atoms with Gasteiger partial charge in [0.1, 0.15) is 17.1 Å². The molecular formula is C19H11Cl2F3O5. The Balaban J connectivity index is 1.88. The van der Waals surface area contributed by atoms with Gasteiger partial charge in [0.05, 0.1) is 5.56 Å². The molecule has 0 amide bonds. The zero-order valence-corrected chi connectivity index (χ0v) is 16.1. The molecule has 29 heavy (non-hydrogen) atoms. The van der Waals surface area contributed by atoms with Crippen LogP contribution in [0.1, 0.15) is 11.1 Å². The van der Waals surface area contributed by atoms with E-state index in [9.17, 15) is 22.8 Å². The van der Waals surface area contributed by atoms with Crippen molar-refractivity contribution >= 4 is 40.1 Å². The zero-order valence-electron chi connectivity index (χ0n) is 14.5. The van der Waals surface area contributed by atoms with Gasteiger partial charge in [0.2, 0.25) is 0 Å². The molecule has 1 heterocycles. The van der Waals surface area contributed by atoms with Crippen LogP contribution in [0.2, 0.25) is 5.02 Å². The lowest BCUT2D eigenvalue weighted by Gasteiger charge is -2.15. The van der Waals surface area contributed by atoms with Gasteiger partial charge < -0.3 is 13.9 Å². The first kappa shape index (κ1) is 21.0. The second kappa shape index (κ2) is 7.96. The number of aryl methyl sites for hydroxylation is 1. The molecule has 1 unspecified atom stereocenters. The van der Waals surface area contributed by atoms with E-state index in [1.165, 1.54) is 31.2 Å². The van der Waals surface area contributed by atoms with E-state index in [2.05, 4.69) is 0 Å². The van der Waals surface area contributed by atoms with Crippen LogP contribution in [0.3, 0.4) is 0 Å². The van der Waals surface area contributed by atoms with Crippen molar-refractivity contribution in [2.24, 2.45) is 0 Å². The number of ether oxygens (including phenoxy) is 2. The Morgan fingerprint density at radius 3 is 2.41 bits per heavy atom. The van der Waals surface area contributed by atoms with Gasteiger partial charge in [-0.05, 0) is 43.3 Å². The van der Waals surface area contributed by atoms with Crippen LogP contribution < -0.4 is 15.1 Å². The first-order valence-corrected chi connectivity index (χ1v) is 8.80. The van der Waals surface area contributed by atoms with Gasteiger partial charge in [-0.3, -0.25) is 0 Å². The summed E-state index contributed by atoms with van der Waals surface area (Å²) in [7, 11) is 0. The van der Waals surface area contributed by atoms with Gasteiger partial charge in [-0.25, -0.2) is 9.59 Å². The third-order valence-corrected chi connectivity index (χ3v) is 4.38. The summed E-state index contributed by atoms with van der Waals surface area (Å²) < 4.78 is 54.7. The Bertz CT molecular complexity index is 1120. The smallest absolute Gasteiger partial charge is 0.417 e. The minimum atomic E-state index is -4.76. The lowest BCUT2D eigenvalue weighted by atomic mass is 10.1. The number of esters is 1. The van der Waals surface area contributed by atoms with Gasteiger partial charge in [0, 0.05) is 22.0 Å². The molecule has 0 radical (unpaired) electrons. The maximum absolute atomic E-state index is 13.2. The van der Waals surface area contributed by atoms with Crippen LogP contribution in [0.5, 0.6) is 11.5 Å². The summed E-state index contributed by atoms with van der Waals surface area (Å²) in [6.07, 6.45) is -4.76. The second-order valence-corrected chi connectivity index (χ2v) is 6.68. The number of alkyl halides is 4. The minimum absolute atomic E-state index is 0.0226. The fourth-order valence-corrected chi connectivity index (χ4v) is 2.80. The molecule has 0 aliphatic rings. The molecular weight excluding hydrogens is 436 g/mol. The highest BCUT2D eigenvalue weighted by Crippen LogP contribution is 2.36. The van der Waals surface area contributed by atoms with Gasteiger partial charge in [0.15, 0.2) is 0 Å². The van der Waals surface area contributed by atoms with E-state index < -0.39 is 28.9 Å². The summed E-state index contributed by atoms with van der Waals surface area (Å²) in [5.74, 6) is -0.892. The van der Waals surface area contributed by atoms with E-state index in [1.807, 2.05) is 0 Å². The molecule has 0 fully saturated rings. The molecule has 1 atom stereocenters. The maximum Gasteiger partial charge on any atom is 0.417 e. The molecule has 3 aromatic rings. The molecule has 0 aliphatic carbocycles. The highest BCUT2D eigenvalue weighted by atomic mass is 35.5. The van der Waals surface area contributed by atoms with Crippen LogP contribution in [-0.4, -0.2) is 11.5 Å². The van der Waals surface area contributed by atoms with E-state index in [0.29, 0.717) is 11.1 Å². The molecule has 0 aliphatic heterocycles. The Kier molecular flexibility index (Phi) is 5.77. The fourth-order valence-electron chi connectivity index (χ4n) is 2.52. The lowest BCUT2D eigenvalue weighted by molar-refractivity contribution is -0.139. The average Bonchev–Trinajstić information content (AvgIpc) is 2.64. The van der Waals surface area contributed by atoms with Crippen molar-refractivity contribution in [2.45, 2.75) is 18.7 Å². The van der Waals surface area contributed by atoms with Crippen LogP contribution in [0.15, 0.2) is 51.7 Å². The summed E-state index contributed by atoms with van der Waals surface area (Å²) in [5.41, 5.74) is -4.20. The molecule has 2 aromatic carbocycles. The largest absolute Gasteiger partial charge is 0.463 e. The molecule has 0 N–H and O–H groups in total.